The van der Waals surface area contributed by atoms with Gasteiger partial charge in [0.25, 0.3) is 0 Å². The third-order valence-electron chi connectivity index (χ3n) is 3.91. The second-order valence-electron chi connectivity index (χ2n) is 5.93. The van der Waals surface area contributed by atoms with Crippen LogP contribution < -0.4 is 5.32 Å². The number of benzene rings is 1. The monoisotopic (exact) mass is 262 g/mol. The smallest absolute Gasteiger partial charge is 0.238 e. The average Bonchev–Trinajstić information content (AvgIpc) is 2.38. The molecule has 0 saturated carbocycles. The number of nitrogens with one attached hydrogen (secondary N) is 1. The van der Waals surface area contributed by atoms with Crippen LogP contribution in [0.4, 0.5) is 0 Å². The summed E-state index contributed by atoms with van der Waals surface area (Å²) >= 11 is 0. The molecule has 1 rings (SSSR count). The summed E-state index contributed by atoms with van der Waals surface area (Å²) in [5.74, 6) is 0.107. The van der Waals surface area contributed by atoms with Gasteiger partial charge in [-0.25, -0.2) is 0 Å². The number of carbonyl (C=O) groups excluding carboxylic acids is 1. The fourth-order valence-corrected chi connectivity index (χ4v) is 2.16. The average molecular weight is 262 g/mol. The van der Waals surface area contributed by atoms with Crippen LogP contribution in [0.2, 0.25) is 0 Å². The molecule has 0 fully saturated rings. The molecule has 0 spiro atoms. The second-order valence-corrected chi connectivity index (χ2v) is 5.93. The fourth-order valence-electron chi connectivity index (χ4n) is 2.16. The quantitative estimate of drug-likeness (QED) is 0.884. The number of amides is 1. The van der Waals surface area contributed by atoms with Crippen LogP contribution in [0.25, 0.3) is 0 Å². The Morgan fingerprint density at radius 3 is 2.16 bits per heavy atom. The van der Waals surface area contributed by atoms with Gasteiger partial charge in [-0.1, -0.05) is 44.2 Å². The number of nitrogens with zero attached hydrogens (tertiary/aromatic N) is 1. The summed E-state index contributed by atoms with van der Waals surface area (Å²) in [4.78, 5) is 13.5. The first-order chi connectivity index (χ1) is 8.76. The standard InChI is InChI=1S/C16H26N2O/c1-12(15(19)18(5)6)17-13(2)16(3,4)14-10-8-7-9-11-14/h7-13,17H,1-6H3. The van der Waals surface area contributed by atoms with Crippen LogP contribution >= 0.6 is 0 Å². The van der Waals surface area contributed by atoms with Crippen molar-refractivity contribution in [3.05, 3.63) is 35.9 Å². The Bertz CT molecular complexity index is 412. The van der Waals surface area contributed by atoms with Crippen molar-refractivity contribution < 1.29 is 4.79 Å². The van der Waals surface area contributed by atoms with Crippen LogP contribution in [0.1, 0.15) is 33.3 Å². The molecule has 0 heterocycles. The molecule has 0 aliphatic carbocycles. The van der Waals surface area contributed by atoms with E-state index >= 15 is 0 Å². The van der Waals surface area contributed by atoms with Crippen molar-refractivity contribution in [2.75, 3.05) is 14.1 Å². The van der Waals surface area contributed by atoms with E-state index in [4.69, 9.17) is 0 Å². The summed E-state index contributed by atoms with van der Waals surface area (Å²) in [6.07, 6.45) is 0. The molecule has 0 radical (unpaired) electrons. The molecule has 1 amide bonds. The van der Waals surface area contributed by atoms with E-state index in [1.165, 1.54) is 5.56 Å². The highest BCUT2D eigenvalue weighted by molar-refractivity contribution is 5.80. The van der Waals surface area contributed by atoms with Gasteiger partial charge in [0.2, 0.25) is 5.91 Å². The summed E-state index contributed by atoms with van der Waals surface area (Å²) in [5.41, 5.74) is 1.25. The van der Waals surface area contributed by atoms with E-state index < -0.39 is 0 Å². The summed E-state index contributed by atoms with van der Waals surface area (Å²) in [7, 11) is 3.57. The molecule has 0 bridgehead atoms. The second kappa shape index (κ2) is 6.20. The normalized spacial score (nSPS) is 14.8. The number of likely N-dealkylation sites (N-methyl/N-ethyl adjacent to an activating group) is 1. The van der Waals surface area contributed by atoms with Crippen LogP contribution in [-0.2, 0) is 10.2 Å². The molecular weight excluding hydrogens is 236 g/mol. The minimum atomic E-state index is -0.173. The van der Waals surface area contributed by atoms with Gasteiger partial charge in [0.1, 0.15) is 0 Å². The SMILES string of the molecule is CC(NC(C)C(C)(C)c1ccccc1)C(=O)N(C)C. The highest BCUT2D eigenvalue weighted by atomic mass is 16.2. The molecular formula is C16H26N2O. The largest absolute Gasteiger partial charge is 0.347 e. The van der Waals surface area contributed by atoms with Crippen molar-refractivity contribution in [3.63, 3.8) is 0 Å². The lowest BCUT2D eigenvalue weighted by Crippen LogP contribution is -2.51. The zero-order chi connectivity index (χ0) is 14.6. The van der Waals surface area contributed by atoms with Crippen molar-refractivity contribution in [1.29, 1.82) is 0 Å². The predicted molar refractivity (Wildman–Crippen MR) is 80.2 cm³/mol. The molecule has 0 saturated heterocycles. The van der Waals surface area contributed by atoms with Crippen LogP contribution in [0.3, 0.4) is 0 Å². The maximum atomic E-state index is 11.9. The molecule has 2 unspecified atom stereocenters. The van der Waals surface area contributed by atoms with Gasteiger partial charge in [0.15, 0.2) is 0 Å². The zero-order valence-corrected chi connectivity index (χ0v) is 12.9. The van der Waals surface area contributed by atoms with Crippen LogP contribution in [0, 0.1) is 0 Å². The molecule has 19 heavy (non-hydrogen) atoms. The Morgan fingerprint density at radius 1 is 1.16 bits per heavy atom. The van der Waals surface area contributed by atoms with Gasteiger partial charge in [0, 0.05) is 25.6 Å². The third-order valence-corrected chi connectivity index (χ3v) is 3.91. The number of hydrogen-bond acceptors (Lipinski definition) is 2. The lowest BCUT2D eigenvalue weighted by atomic mass is 9.78. The maximum absolute atomic E-state index is 11.9. The Hall–Kier alpha value is -1.35. The Kier molecular flexibility index (Phi) is 5.12. The molecule has 0 aliphatic rings. The first kappa shape index (κ1) is 15.7. The maximum Gasteiger partial charge on any atom is 0.238 e. The summed E-state index contributed by atoms with van der Waals surface area (Å²) < 4.78 is 0. The van der Waals surface area contributed by atoms with Gasteiger partial charge in [-0.2, -0.15) is 0 Å². The molecule has 106 valence electrons. The fraction of sp³-hybridized carbons (Fsp3) is 0.562. The van der Waals surface area contributed by atoms with Gasteiger partial charge < -0.3 is 10.2 Å². The molecule has 2 atom stereocenters. The molecule has 3 nitrogen and oxygen atoms in total. The molecule has 3 heteroatoms. The van der Waals surface area contributed by atoms with E-state index in [9.17, 15) is 4.79 Å². The molecule has 1 N–H and O–H groups in total. The van der Waals surface area contributed by atoms with E-state index in [1.807, 2.05) is 13.0 Å². The van der Waals surface area contributed by atoms with Gasteiger partial charge in [0.05, 0.1) is 6.04 Å². The van der Waals surface area contributed by atoms with E-state index in [2.05, 4.69) is 50.4 Å². The van der Waals surface area contributed by atoms with Crippen LogP contribution in [0.5, 0.6) is 0 Å². The van der Waals surface area contributed by atoms with Crippen molar-refractivity contribution in [2.24, 2.45) is 0 Å². The van der Waals surface area contributed by atoms with Crippen LogP contribution in [0.15, 0.2) is 30.3 Å². The first-order valence-corrected chi connectivity index (χ1v) is 6.79. The molecule has 1 aromatic carbocycles. The van der Waals surface area contributed by atoms with E-state index in [0.717, 1.165) is 0 Å². The Labute approximate surface area is 117 Å². The molecule has 0 aliphatic heterocycles. The number of carbonyl (C=O) groups is 1. The van der Waals surface area contributed by atoms with Crippen molar-refractivity contribution in [1.82, 2.24) is 10.2 Å². The molecule has 1 aromatic rings. The van der Waals surface area contributed by atoms with Crippen molar-refractivity contribution in [3.8, 4) is 0 Å². The minimum absolute atomic E-state index is 0.0257. The minimum Gasteiger partial charge on any atom is -0.347 e. The highest BCUT2D eigenvalue weighted by Gasteiger charge is 2.30. The summed E-state index contributed by atoms with van der Waals surface area (Å²) in [6.45, 7) is 8.45. The number of hydrogen-bond donors (Lipinski definition) is 1. The topological polar surface area (TPSA) is 32.3 Å². The highest BCUT2D eigenvalue weighted by Crippen LogP contribution is 2.27. The van der Waals surface area contributed by atoms with E-state index in [1.54, 1.807) is 19.0 Å². The van der Waals surface area contributed by atoms with E-state index in [0.29, 0.717) is 0 Å². The summed E-state index contributed by atoms with van der Waals surface area (Å²) in [5, 5.41) is 3.41. The first-order valence-electron chi connectivity index (χ1n) is 6.79. The molecule has 0 aromatic heterocycles. The summed E-state index contributed by atoms with van der Waals surface area (Å²) in [6, 6.07) is 10.4. The third kappa shape index (κ3) is 3.80. The Balaban J connectivity index is 2.77. The Morgan fingerprint density at radius 2 is 1.68 bits per heavy atom. The van der Waals surface area contributed by atoms with Crippen LogP contribution in [-0.4, -0.2) is 37.0 Å². The number of rotatable bonds is 5. The van der Waals surface area contributed by atoms with Gasteiger partial charge in [-0.3, -0.25) is 4.79 Å². The van der Waals surface area contributed by atoms with E-state index in [-0.39, 0.29) is 23.4 Å². The lowest BCUT2D eigenvalue weighted by Gasteiger charge is -2.35. The van der Waals surface area contributed by atoms with Crippen molar-refractivity contribution in [2.45, 2.75) is 45.2 Å². The van der Waals surface area contributed by atoms with Gasteiger partial charge >= 0.3 is 0 Å². The van der Waals surface area contributed by atoms with Gasteiger partial charge in [-0.05, 0) is 19.4 Å². The van der Waals surface area contributed by atoms with Crippen molar-refractivity contribution >= 4 is 5.91 Å². The van der Waals surface area contributed by atoms with Gasteiger partial charge in [-0.15, -0.1) is 0 Å². The lowest BCUT2D eigenvalue weighted by molar-refractivity contribution is -0.130. The predicted octanol–water partition coefficient (Wildman–Crippen LogP) is 2.42. The zero-order valence-electron chi connectivity index (χ0n) is 12.9.